The first kappa shape index (κ1) is 16.4. The van der Waals surface area contributed by atoms with Crippen molar-refractivity contribution in [2.24, 2.45) is 0 Å². The molecule has 0 amide bonds. The van der Waals surface area contributed by atoms with E-state index in [9.17, 15) is 13.5 Å². The quantitative estimate of drug-likeness (QED) is 0.758. The number of aryl methyl sites for hydroxylation is 1. The van der Waals surface area contributed by atoms with Crippen LogP contribution in [0.4, 0.5) is 0 Å². The van der Waals surface area contributed by atoms with Gasteiger partial charge in [0.1, 0.15) is 0 Å². The number of rotatable bonds is 8. The molecule has 118 valence electrons. The first-order valence-corrected chi connectivity index (χ1v) is 8.90. The number of benzene rings is 1. The molecule has 5 nitrogen and oxygen atoms in total. The van der Waals surface area contributed by atoms with E-state index in [1.165, 1.54) is 18.9 Å². The second-order valence-corrected chi connectivity index (χ2v) is 7.27. The van der Waals surface area contributed by atoms with Crippen LogP contribution in [-0.2, 0) is 16.6 Å². The minimum absolute atomic E-state index is 0.152. The Hall–Kier alpha value is -0.950. The van der Waals surface area contributed by atoms with Gasteiger partial charge in [-0.15, -0.1) is 0 Å². The number of aliphatic hydroxyl groups is 1. The van der Waals surface area contributed by atoms with Gasteiger partial charge in [0.05, 0.1) is 11.5 Å². The van der Waals surface area contributed by atoms with Crippen molar-refractivity contribution in [3.8, 4) is 0 Å². The normalized spacial score (nSPS) is 15.6. The van der Waals surface area contributed by atoms with E-state index in [0.29, 0.717) is 18.2 Å². The van der Waals surface area contributed by atoms with Gasteiger partial charge in [0, 0.05) is 19.1 Å². The predicted molar refractivity (Wildman–Crippen MR) is 82.6 cm³/mol. The molecule has 1 aromatic carbocycles. The van der Waals surface area contributed by atoms with Crippen LogP contribution in [0.2, 0.25) is 0 Å². The van der Waals surface area contributed by atoms with Crippen molar-refractivity contribution >= 4 is 10.0 Å². The largest absolute Gasteiger partial charge is 0.392 e. The number of hydrogen-bond donors (Lipinski definition) is 2. The number of likely N-dealkylation sites (N-methyl/N-ethyl adjacent to an activating group) is 1. The van der Waals surface area contributed by atoms with E-state index < -0.39 is 10.0 Å². The highest BCUT2D eigenvalue weighted by atomic mass is 32.2. The molecule has 1 fully saturated rings. The number of nitrogens with one attached hydrogen (secondary N) is 1. The first-order chi connectivity index (χ1) is 9.97. The third kappa shape index (κ3) is 4.26. The second kappa shape index (κ2) is 6.87. The molecule has 2 rings (SSSR count). The van der Waals surface area contributed by atoms with Crippen molar-refractivity contribution in [1.82, 2.24) is 9.62 Å². The zero-order chi connectivity index (χ0) is 15.5. The fourth-order valence-electron chi connectivity index (χ4n) is 2.43. The molecule has 2 N–H and O–H groups in total. The Labute approximate surface area is 127 Å². The van der Waals surface area contributed by atoms with Crippen LogP contribution < -0.4 is 4.72 Å². The summed E-state index contributed by atoms with van der Waals surface area (Å²) in [6.07, 6.45) is 2.44. The molecule has 21 heavy (non-hydrogen) atoms. The molecule has 1 aliphatic rings. The summed E-state index contributed by atoms with van der Waals surface area (Å²) >= 11 is 0. The van der Waals surface area contributed by atoms with Crippen LogP contribution in [0.5, 0.6) is 0 Å². The van der Waals surface area contributed by atoms with Crippen LogP contribution in [0, 0.1) is 6.92 Å². The smallest absolute Gasteiger partial charge is 0.240 e. The van der Waals surface area contributed by atoms with Crippen molar-refractivity contribution in [3.05, 3.63) is 29.3 Å². The highest BCUT2D eigenvalue weighted by molar-refractivity contribution is 7.89. The number of hydrogen-bond acceptors (Lipinski definition) is 4. The summed E-state index contributed by atoms with van der Waals surface area (Å²) in [5, 5.41) is 9.24. The number of nitrogens with zero attached hydrogens (tertiary/aromatic N) is 1. The lowest BCUT2D eigenvalue weighted by molar-refractivity contribution is 0.280. The van der Waals surface area contributed by atoms with E-state index in [4.69, 9.17) is 0 Å². The maximum absolute atomic E-state index is 12.3. The molecule has 1 saturated carbocycles. The van der Waals surface area contributed by atoms with Gasteiger partial charge in [-0.2, -0.15) is 0 Å². The van der Waals surface area contributed by atoms with Gasteiger partial charge in [0.25, 0.3) is 0 Å². The standard InChI is InChI=1S/C15H24N2O3S/c1-3-17(14-5-6-14)9-8-16-21(19,20)15-7-4-12(2)13(10-15)11-18/h4,7,10,14,16,18H,3,5-6,8-9,11H2,1-2H3. The Kier molecular flexibility index (Phi) is 5.37. The molecule has 0 spiro atoms. The van der Waals surface area contributed by atoms with Gasteiger partial charge in [-0.1, -0.05) is 13.0 Å². The molecule has 6 heteroatoms. The summed E-state index contributed by atoms with van der Waals surface area (Å²) in [5.74, 6) is 0. The summed E-state index contributed by atoms with van der Waals surface area (Å²) in [6.45, 7) is 5.89. The Bertz CT molecular complexity index is 583. The number of sulfonamides is 1. The maximum atomic E-state index is 12.3. The molecule has 0 bridgehead atoms. The molecule has 0 radical (unpaired) electrons. The molecule has 1 aromatic rings. The molecule has 0 heterocycles. The lowest BCUT2D eigenvalue weighted by Crippen LogP contribution is -2.36. The van der Waals surface area contributed by atoms with Gasteiger partial charge in [0.15, 0.2) is 0 Å². The minimum atomic E-state index is -3.51. The minimum Gasteiger partial charge on any atom is -0.392 e. The zero-order valence-electron chi connectivity index (χ0n) is 12.7. The fraction of sp³-hybridized carbons (Fsp3) is 0.600. The van der Waals surface area contributed by atoms with Crippen LogP contribution in [-0.4, -0.2) is 44.1 Å². The van der Waals surface area contributed by atoms with Crippen LogP contribution in [0.1, 0.15) is 30.9 Å². The van der Waals surface area contributed by atoms with Gasteiger partial charge >= 0.3 is 0 Å². The Balaban J connectivity index is 1.97. The molecule has 0 saturated heterocycles. The molecule has 0 aromatic heterocycles. The highest BCUT2D eigenvalue weighted by Crippen LogP contribution is 2.25. The second-order valence-electron chi connectivity index (χ2n) is 5.50. The van der Waals surface area contributed by atoms with Gasteiger partial charge in [-0.3, -0.25) is 4.90 Å². The van der Waals surface area contributed by atoms with E-state index >= 15 is 0 Å². The van der Waals surface area contributed by atoms with Crippen molar-refractivity contribution in [3.63, 3.8) is 0 Å². The molecule has 0 aliphatic heterocycles. The average molecular weight is 312 g/mol. The Morgan fingerprint density at radius 3 is 2.67 bits per heavy atom. The van der Waals surface area contributed by atoms with Gasteiger partial charge in [0.2, 0.25) is 10.0 Å². The van der Waals surface area contributed by atoms with E-state index in [1.807, 2.05) is 6.92 Å². The van der Waals surface area contributed by atoms with Crippen LogP contribution in [0.15, 0.2) is 23.1 Å². The van der Waals surface area contributed by atoms with Crippen LogP contribution >= 0.6 is 0 Å². The Morgan fingerprint density at radius 1 is 1.38 bits per heavy atom. The molecule has 0 unspecified atom stereocenters. The van der Waals surface area contributed by atoms with Crippen molar-refractivity contribution in [1.29, 1.82) is 0 Å². The monoisotopic (exact) mass is 312 g/mol. The van der Waals surface area contributed by atoms with Crippen molar-refractivity contribution < 1.29 is 13.5 Å². The van der Waals surface area contributed by atoms with Gasteiger partial charge in [-0.05, 0) is 49.6 Å². The lowest BCUT2D eigenvalue weighted by Gasteiger charge is -2.19. The molecular formula is C15H24N2O3S. The molecule has 0 atom stereocenters. The van der Waals surface area contributed by atoms with Crippen molar-refractivity contribution in [2.75, 3.05) is 19.6 Å². The van der Waals surface area contributed by atoms with Crippen LogP contribution in [0.25, 0.3) is 0 Å². The maximum Gasteiger partial charge on any atom is 0.240 e. The fourth-order valence-corrected chi connectivity index (χ4v) is 3.50. The summed E-state index contributed by atoms with van der Waals surface area (Å²) in [7, 11) is -3.51. The first-order valence-electron chi connectivity index (χ1n) is 7.42. The summed E-state index contributed by atoms with van der Waals surface area (Å²) < 4.78 is 27.2. The molecular weight excluding hydrogens is 288 g/mol. The summed E-state index contributed by atoms with van der Waals surface area (Å²) in [5.41, 5.74) is 1.54. The van der Waals surface area contributed by atoms with Gasteiger partial charge < -0.3 is 5.11 Å². The van der Waals surface area contributed by atoms with E-state index in [2.05, 4.69) is 16.5 Å². The predicted octanol–water partition coefficient (Wildman–Crippen LogP) is 1.25. The molecule has 1 aliphatic carbocycles. The Morgan fingerprint density at radius 2 is 2.10 bits per heavy atom. The SMILES string of the molecule is CCN(CCNS(=O)(=O)c1ccc(C)c(CO)c1)C1CC1. The van der Waals surface area contributed by atoms with E-state index in [-0.39, 0.29) is 11.5 Å². The third-order valence-electron chi connectivity index (χ3n) is 3.96. The van der Waals surface area contributed by atoms with E-state index in [1.54, 1.807) is 12.1 Å². The highest BCUT2D eigenvalue weighted by Gasteiger charge is 2.27. The topological polar surface area (TPSA) is 69.6 Å². The van der Waals surface area contributed by atoms with E-state index in [0.717, 1.165) is 18.7 Å². The summed E-state index contributed by atoms with van der Waals surface area (Å²) in [4.78, 5) is 2.52. The average Bonchev–Trinajstić information content (AvgIpc) is 3.28. The van der Waals surface area contributed by atoms with Crippen molar-refractivity contribution in [2.45, 2.75) is 44.2 Å². The summed E-state index contributed by atoms with van der Waals surface area (Å²) in [6, 6.07) is 5.48. The zero-order valence-corrected chi connectivity index (χ0v) is 13.5. The number of aliphatic hydroxyl groups excluding tert-OH is 1. The lowest BCUT2D eigenvalue weighted by atomic mass is 10.1. The van der Waals surface area contributed by atoms with Gasteiger partial charge in [-0.25, -0.2) is 13.1 Å². The van der Waals surface area contributed by atoms with Crippen LogP contribution in [0.3, 0.4) is 0 Å². The third-order valence-corrected chi connectivity index (χ3v) is 5.42.